The largest absolute Gasteiger partial charge is 0.382 e. The molecule has 0 unspecified atom stereocenters. The van der Waals surface area contributed by atoms with Gasteiger partial charge in [-0.05, 0) is 55.8 Å². The molecule has 4 nitrogen and oxygen atoms in total. The number of amides is 1. The van der Waals surface area contributed by atoms with Crippen LogP contribution in [-0.4, -0.2) is 43.7 Å². The Morgan fingerprint density at radius 1 is 1.31 bits per heavy atom. The SMILES string of the molecule is CCOCCCNCC(=O)N1CCc2sccc2[C@H]1c1ccc(C)cc1. The summed E-state index contributed by atoms with van der Waals surface area (Å²) in [5, 5.41) is 5.42. The normalized spacial score (nSPS) is 16.5. The van der Waals surface area contributed by atoms with Crippen LogP contribution in [-0.2, 0) is 16.0 Å². The molecule has 1 amide bonds. The molecular formula is C21H28N2O2S. The van der Waals surface area contributed by atoms with Crippen LogP contribution >= 0.6 is 11.3 Å². The topological polar surface area (TPSA) is 41.6 Å². The predicted molar refractivity (Wildman–Crippen MR) is 107 cm³/mol. The Labute approximate surface area is 160 Å². The van der Waals surface area contributed by atoms with Crippen LogP contribution in [0.1, 0.15) is 41.0 Å². The van der Waals surface area contributed by atoms with Crippen molar-refractivity contribution in [2.24, 2.45) is 0 Å². The van der Waals surface area contributed by atoms with Gasteiger partial charge in [-0.3, -0.25) is 4.79 Å². The molecule has 26 heavy (non-hydrogen) atoms. The molecule has 0 saturated heterocycles. The van der Waals surface area contributed by atoms with Gasteiger partial charge < -0.3 is 15.0 Å². The van der Waals surface area contributed by atoms with E-state index in [2.05, 4.69) is 48.0 Å². The highest BCUT2D eigenvalue weighted by Crippen LogP contribution is 2.37. The van der Waals surface area contributed by atoms with E-state index in [1.807, 2.05) is 11.8 Å². The van der Waals surface area contributed by atoms with E-state index in [0.717, 1.165) is 39.1 Å². The van der Waals surface area contributed by atoms with Crippen LogP contribution in [0.15, 0.2) is 35.7 Å². The third-order valence-electron chi connectivity index (χ3n) is 4.80. The molecule has 0 fully saturated rings. The first-order valence-corrected chi connectivity index (χ1v) is 10.3. The smallest absolute Gasteiger partial charge is 0.237 e. The number of aryl methyl sites for hydroxylation is 1. The third-order valence-corrected chi connectivity index (χ3v) is 5.80. The van der Waals surface area contributed by atoms with Gasteiger partial charge in [0, 0.05) is 24.6 Å². The molecule has 1 N–H and O–H groups in total. The highest BCUT2D eigenvalue weighted by molar-refractivity contribution is 7.10. The maximum absolute atomic E-state index is 12.9. The molecule has 1 aromatic heterocycles. The number of nitrogens with zero attached hydrogens (tertiary/aromatic N) is 1. The summed E-state index contributed by atoms with van der Waals surface area (Å²) in [6.45, 7) is 7.55. The second kappa shape index (κ2) is 9.31. The fourth-order valence-corrected chi connectivity index (χ4v) is 4.34. The molecule has 5 heteroatoms. The minimum Gasteiger partial charge on any atom is -0.382 e. The Morgan fingerprint density at radius 3 is 2.88 bits per heavy atom. The lowest BCUT2D eigenvalue weighted by Crippen LogP contribution is -2.44. The summed E-state index contributed by atoms with van der Waals surface area (Å²) in [5.41, 5.74) is 3.72. The van der Waals surface area contributed by atoms with Crippen molar-refractivity contribution < 1.29 is 9.53 Å². The first-order chi connectivity index (χ1) is 12.7. The van der Waals surface area contributed by atoms with Gasteiger partial charge in [-0.2, -0.15) is 0 Å². The van der Waals surface area contributed by atoms with E-state index >= 15 is 0 Å². The van der Waals surface area contributed by atoms with Crippen LogP contribution in [0.5, 0.6) is 0 Å². The molecule has 1 aromatic carbocycles. The van der Waals surface area contributed by atoms with Gasteiger partial charge in [-0.25, -0.2) is 0 Å². The first-order valence-electron chi connectivity index (χ1n) is 9.41. The lowest BCUT2D eigenvalue weighted by Gasteiger charge is -2.36. The molecule has 0 bridgehead atoms. The van der Waals surface area contributed by atoms with Crippen LogP contribution in [0.2, 0.25) is 0 Å². The van der Waals surface area contributed by atoms with E-state index < -0.39 is 0 Å². The summed E-state index contributed by atoms with van der Waals surface area (Å²) >= 11 is 1.80. The Kier molecular flexibility index (Phi) is 6.83. The number of ether oxygens (including phenoxy) is 1. The highest BCUT2D eigenvalue weighted by Gasteiger charge is 2.32. The fraction of sp³-hybridized carbons (Fsp3) is 0.476. The van der Waals surface area contributed by atoms with E-state index in [0.29, 0.717) is 6.54 Å². The van der Waals surface area contributed by atoms with Crippen LogP contribution in [0.25, 0.3) is 0 Å². The van der Waals surface area contributed by atoms with E-state index in [1.54, 1.807) is 11.3 Å². The number of thiophene rings is 1. The molecule has 2 aromatic rings. The Bertz CT molecular complexity index is 711. The number of fused-ring (bicyclic) bond motifs is 1. The molecule has 0 spiro atoms. The maximum Gasteiger partial charge on any atom is 0.237 e. The van der Waals surface area contributed by atoms with E-state index in [9.17, 15) is 4.79 Å². The molecule has 1 aliphatic heterocycles. The maximum atomic E-state index is 12.9. The molecule has 1 aliphatic rings. The molecule has 3 rings (SSSR count). The van der Waals surface area contributed by atoms with E-state index in [-0.39, 0.29) is 11.9 Å². The molecule has 140 valence electrons. The Balaban J connectivity index is 1.69. The van der Waals surface area contributed by atoms with Crippen molar-refractivity contribution in [2.45, 2.75) is 32.7 Å². The van der Waals surface area contributed by atoms with Gasteiger partial charge in [0.15, 0.2) is 0 Å². The molecule has 0 saturated carbocycles. The first kappa shape index (κ1) is 19.1. The second-order valence-corrected chi connectivity index (χ2v) is 7.68. The van der Waals surface area contributed by atoms with Gasteiger partial charge in [-0.15, -0.1) is 11.3 Å². The Hall–Kier alpha value is -1.69. The minimum atomic E-state index is 0.0309. The highest BCUT2D eigenvalue weighted by atomic mass is 32.1. The van der Waals surface area contributed by atoms with Crippen molar-refractivity contribution in [2.75, 3.05) is 32.8 Å². The van der Waals surface area contributed by atoms with Crippen molar-refractivity contribution >= 4 is 17.2 Å². The number of carbonyl (C=O) groups is 1. The average molecular weight is 373 g/mol. The van der Waals surface area contributed by atoms with Crippen molar-refractivity contribution in [1.82, 2.24) is 10.2 Å². The monoisotopic (exact) mass is 372 g/mol. The number of nitrogens with one attached hydrogen (secondary N) is 1. The summed E-state index contributed by atoms with van der Waals surface area (Å²) in [5.74, 6) is 0.170. The molecule has 1 atom stereocenters. The quantitative estimate of drug-likeness (QED) is 0.721. The minimum absolute atomic E-state index is 0.0309. The molecule has 2 heterocycles. The zero-order valence-electron chi connectivity index (χ0n) is 15.7. The lowest BCUT2D eigenvalue weighted by molar-refractivity contribution is -0.132. The van der Waals surface area contributed by atoms with Gasteiger partial charge in [0.05, 0.1) is 12.6 Å². The van der Waals surface area contributed by atoms with Crippen molar-refractivity contribution in [3.05, 3.63) is 57.3 Å². The van der Waals surface area contributed by atoms with E-state index in [1.165, 1.54) is 21.6 Å². The predicted octanol–water partition coefficient (Wildman–Crippen LogP) is 3.55. The number of carbonyl (C=O) groups excluding carboxylic acids is 1. The van der Waals surface area contributed by atoms with Crippen LogP contribution in [0.3, 0.4) is 0 Å². The Morgan fingerprint density at radius 2 is 2.12 bits per heavy atom. The summed E-state index contributed by atoms with van der Waals surface area (Å²) in [6.07, 6.45) is 1.88. The standard InChI is InChI=1S/C21H28N2O2S/c1-3-25-13-4-11-22-15-20(24)23-12-9-19-18(10-14-26-19)21(23)17-7-5-16(2)6-8-17/h5-8,10,14,21-22H,3-4,9,11-13,15H2,1-2H3/t21-/m1/s1. The second-order valence-electron chi connectivity index (χ2n) is 6.68. The van der Waals surface area contributed by atoms with Gasteiger partial charge in [0.2, 0.25) is 5.91 Å². The average Bonchev–Trinajstić information content (AvgIpc) is 3.13. The summed E-state index contributed by atoms with van der Waals surface area (Å²) in [7, 11) is 0. The van der Waals surface area contributed by atoms with Crippen LogP contribution in [0.4, 0.5) is 0 Å². The van der Waals surface area contributed by atoms with Crippen molar-refractivity contribution in [1.29, 1.82) is 0 Å². The van der Waals surface area contributed by atoms with Gasteiger partial charge >= 0.3 is 0 Å². The van der Waals surface area contributed by atoms with E-state index in [4.69, 9.17) is 4.74 Å². The van der Waals surface area contributed by atoms with Gasteiger partial charge in [0.1, 0.15) is 0 Å². The van der Waals surface area contributed by atoms with Crippen molar-refractivity contribution in [3.63, 3.8) is 0 Å². The van der Waals surface area contributed by atoms with Crippen LogP contribution < -0.4 is 5.32 Å². The van der Waals surface area contributed by atoms with Gasteiger partial charge in [0.25, 0.3) is 0 Å². The zero-order valence-corrected chi connectivity index (χ0v) is 16.5. The third kappa shape index (κ3) is 4.53. The van der Waals surface area contributed by atoms with Gasteiger partial charge in [-0.1, -0.05) is 29.8 Å². The van der Waals surface area contributed by atoms with Crippen LogP contribution in [0, 0.1) is 6.92 Å². The summed E-state index contributed by atoms with van der Waals surface area (Å²) in [4.78, 5) is 16.3. The fourth-order valence-electron chi connectivity index (χ4n) is 3.43. The molecule has 0 radical (unpaired) electrons. The zero-order chi connectivity index (χ0) is 18.4. The molecule has 0 aliphatic carbocycles. The summed E-state index contributed by atoms with van der Waals surface area (Å²) in [6, 6.07) is 10.8. The number of rotatable bonds is 8. The lowest BCUT2D eigenvalue weighted by atomic mass is 9.92. The number of hydrogen-bond acceptors (Lipinski definition) is 4. The van der Waals surface area contributed by atoms with Crippen molar-refractivity contribution in [3.8, 4) is 0 Å². The summed E-state index contributed by atoms with van der Waals surface area (Å²) < 4.78 is 5.34. The molecular weight excluding hydrogens is 344 g/mol. The number of benzene rings is 1. The number of hydrogen-bond donors (Lipinski definition) is 1.